The summed E-state index contributed by atoms with van der Waals surface area (Å²) in [5.41, 5.74) is 0.862. The molecule has 0 radical (unpaired) electrons. The van der Waals surface area contributed by atoms with Crippen molar-refractivity contribution in [3.8, 4) is 0 Å². The first kappa shape index (κ1) is 12.8. The largest absolute Gasteiger partial charge is 0.243 e. The first-order valence-electron chi connectivity index (χ1n) is 7.65. The summed E-state index contributed by atoms with van der Waals surface area (Å²) in [5.74, 6) is 1.56. The van der Waals surface area contributed by atoms with E-state index in [9.17, 15) is 8.42 Å². The summed E-state index contributed by atoms with van der Waals surface area (Å²) in [4.78, 5) is 0.507. The van der Waals surface area contributed by atoms with Crippen LogP contribution in [0.5, 0.6) is 0 Å². The molecule has 2 saturated carbocycles. The summed E-state index contributed by atoms with van der Waals surface area (Å²) < 4.78 is 28.0. The van der Waals surface area contributed by atoms with Crippen LogP contribution >= 0.6 is 0 Å². The molecule has 108 valence electrons. The third kappa shape index (κ3) is 1.77. The van der Waals surface area contributed by atoms with Crippen molar-refractivity contribution in [3.05, 3.63) is 29.8 Å². The Kier molecular flexibility index (Phi) is 2.77. The van der Waals surface area contributed by atoms with E-state index in [0.29, 0.717) is 4.90 Å². The molecule has 0 atom stereocenters. The van der Waals surface area contributed by atoms with E-state index in [1.54, 1.807) is 6.07 Å². The summed E-state index contributed by atoms with van der Waals surface area (Å²) in [6.07, 6.45) is 5.66. The van der Waals surface area contributed by atoms with Gasteiger partial charge in [-0.3, -0.25) is 0 Å². The Morgan fingerprint density at radius 1 is 0.950 bits per heavy atom. The third-order valence-electron chi connectivity index (χ3n) is 5.46. The van der Waals surface area contributed by atoms with Gasteiger partial charge in [-0.25, -0.2) is 8.42 Å². The summed E-state index contributed by atoms with van der Waals surface area (Å²) in [7, 11) is -3.32. The molecule has 0 spiro atoms. The molecule has 0 N–H and O–H groups in total. The lowest BCUT2D eigenvalue weighted by atomic mass is 9.65. The van der Waals surface area contributed by atoms with Crippen LogP contribution in [0.15, 0.2) is 29.2 Å². The van der Waals surface area contributed by atoms with Gasteiger partial charge in [0.05, 0.1) is 4.90 Å². The lowest BCUT2D eigenvalue weighted by Gasteiger charge is -2.55. The fraction of sp³-hybridized carbons (Fsp3) is 0.625. The second kappa shape index (κ2) is 4.31. The number of aryl methyl sites for hydroxylation is 1. The monoisotopic (exact) mass is 291 g/mol. The van der Waals surface area contributed by atoms with E-state index in [1.807, 2.05) is 29.4 Å². The Morgan fingerprint density at radius 3 is 2.05 bits per heavy atom. The summed E-state index contributed by atoms with van der Waals surface area (Å²) in [5, 5.41) is 0. The number of sulfonamides is 1. The summed E-state index contributed by atoms with van der Waals surface area (Å²) in [6, 6.07) is 7.91. The van der Waals surface area contributed by atoms with Gasteiger partial charge in [-0.15, -0.1) is 0 Å². The van der Waals surface area contributed by atoms with E-state index < -0.39 is 10.0 Å². The second-order valence-electron chi connectivity index (χ2n) is 6.82. The average Bonchev–Trinajstić information content (AvgIpc) is 2.37. The number of nitrogens with zero attached hydrogens (tertiary/aromatic N) is 1. The number of piperidine rings is 2. The van der Waals surface area contributed by atoms with Crippen LogP contribution in [-0.2, 0) is 10.0 Å². The van der Waals surface area contributed by atoms with Crippen molar-refractivity contribution in [2.45, 2.75) is 56.0 Å². The standard InChI is InChI=1S/C16H21NO2S/c1-11-4-2-3-5-16(11)20(18,19)17-14-7-12-6-13(9-14)10-15(17)8-12/h2-5,12-15H,6-10H2,1H3. The van der Waals surface area contributed by atoms with Crippen LogP contribution < -0.4 is 0 Å². The maximum atomic E-state index is 13.1. The number of hydrogen-bond acceptors (Lipinski definition) is 2. The molecule has 5 rings (SSSR count). The summed E-state index contributed by atoms with van der Waals surface area (Å²) >= 11 is 0. The van der Waals surface area contributed by atoms with Crippen molar-refractivity contribution >= 4 is 10.0 Å². The zero-order chi connectivity index (χ0) is 13.9. The van der Waals surface area contributed by atoms with Crippen LogP contribution in [-0.4, -0.2) is 24.8 Å². The normalized spacial score (nSPS) is 36.5. The molecule has 4 heteroatoms. The Bertz CT molecular complexity index is 610. The van der Waals surface area contributed by atoms with Gasteiger partial charge < -0.3 is 0 Å². The van der Waals surface area contributed by atoms with Crippen molar-refractivity contribution < 1.29 is 8.42 Å². The lowest BCUT2D eigenvalue weighted by molar-refractivity contribution is -0.00707. The second-order valence-corrected chi connectivity index (χ2v) is 8.63. The van der Waals surface area contributed by atoms with Gasteiger partial charge in [0.15, 0.2) is 0 Å². The van der Waals surface area contributed by atoms with Gasteiger partial charge in [-0.05, 0) is 62.5 Å². The maximum Gasteiger partial charge on any atom is 0.243 e. The quantitative estimate of drug-likeness (QED) is 0.840. The molecule has 0 amide bonds. The van der Waals surface area contributed by atoms with Crippen LogP contribution in [0.25, 0.3) is 0 Å². The van der Waals surface area contributed by atoms with Gasteiger partial charge in [0.1, 0.15) is 0 Å². The predicted molar refractivity (Wildman–Crippen MR) is 77.8 cm³/mol. The van der Waals surface area contributed by atoms with Crippen LogP contribution in [0.4, 0.5) is 0 Å². The van der Waals surface area contributed by atoms with E-state index >= 15 is 0 Å². The molecule has 2 aliphatic heterocycles. The lowest BCUT2D eigenvalue weighted by Crippen LogP contribution is -2.59. The molecule has 4 fully saturated rings. The Hall–Kier alpha value is -0.870. The minimum atomic E-state index is -3.32. The zero-order valence-electron chi connectivity index (χ0n) is 11.8. The number of benzene rings is 1. The van der Waals surface area contributed by atoms with Crippen molar-refractivity contribution in [2.75, 3.05) is 0 Å². The van der Waals surface area contributed by atoms with Gasteiger partial charge in [0.25, 0.3) is 0 Å². The van der Waals surface area contributed by atoms with E-state index in [4.69, 9.17) is 0 Å². The Morgan fingerprint density at radius 2 is 1.50 bits per heavy atom. The molecule has 3 nitrogen and oxygen atoms in total. The molecule has 0 unspecified atom stereocenters. The molecule has 2 aliphatic carbocycles. The molecule has 2 heterocycles. The first-order chi connectivity index (χ1) is 9.55. The summed E-state index contributed by atoms with van der Waals surface area (Å²) in [6.45, 7) is 1.89. The highest BCUT2D eigenvalue weighted by Crippen LogP contribution is 2.50. The number of rotatable bonds is 2. The highest BCUT2D eigenvalue weighted by molar-refractivity contribution is 7.89. The number of hydrogen-bond donors (Lipinski definition) is 0. The SMILES string of the molecule is Cc1ccccc1S(=O)(=O)N1C2CC3CC(C2)CC1C3. The van der Waals surface area contributed by atoms with Gasteiger partial charge >= 0.3 is 0 Å². The van der Waals surface area contributed by atoms with Crippen LogP contribution in [0, 0.1) is 18.8 Å². The highest BCUT2D eigenvalue weighted by Gasteiger charge is 2.51. The smallest absolute Gasteiger partial charge is 0.207 e. The molecular weight excluding hydrogens is 270 g/mol. The van der Waals surface area contributed by atoms with Crippen molar-refractivity contribution in [2.24, 2.45) is 11.8 Å². The van der Waals surface area contributed by atoms with E-state index in [0.717, 1.165) is 43.1 Å². The van der Waals surface area contributed by atoms with Crippen molar-refractivity contribution in [1.29, 1.82) is 0 Å². The molecule has 4 bridgehead atoms. The molecule has 2 saturated heterocycles. The Balaban J connectivity index is 1.75. The Labute approximate surface area is 121 Å². The molecule has 1 aromatic carbocycles. The van der Waals surface area contributed by atoms with Crippen LogP contribution in [0.3, 0.4) is 0 Å². The van der Waals surface area contributed by atoms with E-state index in [-0.39, 0.29) is 12.1 Å². The average molecular weight is 291 g/mol. The van der Waals surface area contributed by atoms with E-state index in [1.165, 1.54) is 6.42 Å². The van der Waals surface area contributed by atoms with Gasteiger partial charge in [-0.1, -0.05) is 18.2 Å². The minimum Gasteiger partial charge on any atom is -0.207 e. The van der Waals surface area contributed by atoms with Gasteiger partial charge in [-0.2, -0.15) is 4.31 Å². The van der Waals surface area contributed by atoms with Gasteiger partial charge in [0, 0.05) is 12.1 Å². The third-order valence-corrected chi connectivity index (χ3v) is 7.62. The predicted octanol–water partition coefficient (Wildman–Crippen LogP) is 2.95. The maximum absolute atomic E-state index is 13.1. The van der Waals surface area contributed by atoms with Crippen molar-refractivity contribution in [3.63, 3.8) is 0 Å². The van der Waals surface area contributed by atoms with Crippen molar-refractivity contribution in [1.82, 2.24) is 4.31 Å². The first-order valence-corrected chi connectivity index (χ1v) is 9.09. The molecule has 0 aromatic heterocycles. The minimum absolute atomic E-state index is 0.260. The van der Waals surface area contributed by atoms with E-state index in [2.05, 4.69) is 0 Å². The topological polar surface area (TPSA) is 37.4 Å². The fourth-order valence-corrected chi connectivity index (χ4v) is 6.93. The van der Waals surface area contributed by atoms with Gasteiger partial charge in [0.2, 0.25) is 10.0 Å². The molecule has 1 aromatic rings. The molecular formula is C16H21NO2S. The van der Waals surface area contributed by atoms with Crippen LogP contribution in [0.1, 0.15) is 37.7 Å². The molecule has 4 aliphatic rings. The zero-order valence-corrected chi connectivity index (χ0v) is 12.6. The fourth-order valence-electron chi connectivity index (χ4n) is 4.85. The molecule has 20 heavy (non-hydrogen) atoms. The highest BCUT2D eigenvalue weighted by atomic mass is 32.2. The van der Waals surface area contributed by atoms with Crippen LogP contribution in [0.2, 0.25) is 0 Å².